The molecular formula is C20H30N6O. The molecule has 0 unspecified atom stereocenters. The Morgan fingerprint density at radius 2 is 1.81 bits per heavy atom. The van der Waals surface area contributed by atoms with Crippen molar-refractivity contribution < 1.29 is 0 Å². The summed E-state index contributed by atoms with van der Waals surface area (Å²) in [6.45, 7) is 7.82. The lowest BCUT2D eigenvalue weighted by molar-refractivity contribution is 0.166. The lowest BCUT2D eigenvalue weighted by atomic mass is 9.96. The zero-order valence-corrected chi connectivity index (χ0v) is 16.8. The molecule has 0 bridgehead atoms. The third kappa shape index (κ3) is 5.13. The van der Waals surface area contributed by atoms with Gasteiger partial charge in [-0.25, -0.2) is 15.0 Å². The lowest BCUT2D eigenvalue weighted by Gasteiger charge is -2.32. The Labute approximate surface area is 161 Å². The molecular weight excluding hydrogens is 340 g/mol. The second-order valence-electron chi connectivity index (χ2n) is 7.96. The molecule has 1 aliphatic heterocycles. The normalized spacial score (nSPS) is 16.0. The van der Waals surface area contributed by atoms with Gasteiger partial charge in [-0.1, -0.05) is 13.8 Å². The van der Waals surface area contributed by atoms with Gasteiger partial charge in [-0.2, -0.15) is 0 Å². The van der Waals surface area contributed by atoms with Crippen LogP contribution in [-0.4, -0.2) is 51.6 Å². The minimum Gasteiger partial charge on any atom is -0.347 e. The minimum absolute atomic E-state index is 0.0641. The first-order chi connectivity index (χ1) is 12.9. The monoisotopic (exact) mass is 370 g/mol. The van der Waals surface area contributed by atoms with Crippen molar-refractivity contribution in [2.24, 2.45) is 5.92 Å². The third-order valence-corrected chi connectivity index (χ3v) is 5.15. The molecule has 2 aromatic heterocycles. The number of anilines is 1. The molecule has 1 aliphatic rings. The van der Waals surface area contributed by atoms with Gasteiger partial charge in [0, 0.05) is 51.2 Å². The molecule has 27 heavy (non-hydrogen) atoms. The van der Waals surface area contributed by atoms with Crippen LogP contribution in [0.4, 0.5) is 5.95 Å². The van der Waals surface area contributed by atoms with Crippen molar-refractivity contribution in [2.75, 3.05) is 32.1 Å². The Kier molecular flexibility index (Phi) is 6.21. The molecule has 0 aliphatic carbocycles. The molecule has 0 radical (unpaired) electrons. The van der Waals surface area contributed by atoms with Gasteiger partial charge in [-0.3, -0.25) is 14.3 Å². The van der Waals surface area contributed by atoms with Crippen LogP contribution < -0.4 is 10.5 Å². The second kappa shape index (κ2) is 8.61. The zero-order chi connectivity index (χ0) is 19.4. The van der Waals surface area contributed by atoms with Crippen molar-refractivity contribution in [3.8, 4) is 0 Å². The standard InChI is InChI=1S/C20H30N6O/c1-15(2)18-9-19(27)26(14-23-18)13-16-5-7-25(8-6-16)12-17-10-21-20(22-11-17)24(3)4/h9-11,14-16H,5-8,12-13H2,1-4H3. The quantitative estimate of drug-likeness (QED) is 0.776. The summed E-state index contributed by atoms with van der Waals surface area (Å²) in [7, 11) is 3.88. The van der Waals surface area contributed by atoms with Crippen LogP contribution in [0.2, 0.25) is 0 Å². The van der Waals surface area contributed by atoms with Gasteiger partial charge < -0.3 is 4.90 Å². The molecule has 2 aromatic rings. The van der Waals surface area contributed by atoms with Crippen molar-refractivity contribution in [1.29, 1.82) is 0 Å². The average Bonchev–Trinajstić information content (AvgIpc) is 2.65. The van der Waals surface area contributed by atoms with E-state index in [1.54, 1.807) is 17.0 Å². The lowest BCUT2D eigenvalue weighted by Crippen LogP contribution is -2.36. The van der Waals surface area contributed by atoms with E-state index in [-0.39, 0.29) is 11.5 Å². The van der Waals surface area contributed by atoms with Crippen LogP contribution in [0.1, 0.15) is 43.9 Å². The molecule has 0 amide bonds. The number of hydrogen-bond acceptors (Lipinski definition) is 6. The van der Waals surface area contributed by atoms with Crippen LogP contribution in [-0.2, 0) is 13.1 Å². The Morgan fingerprint density at radius 1 is 1.15 bits per heavy atom. The van der Waals surface area contributed by atoms with Crippen LogP contribution in [0, 0.1) is 5.92 Å². The predicted molar refractivity (Wildman–Crippen MR) is 107 cm³/mol. The predicted octanol–water partition coefficient (Wildman–Crippen LogP) is 2.13. The van der Waals surface area contributed by atoms with Crippen molar-refractivity contribution in [1.82, 2.24) is 24.4 Å². The number of hydrogen-bond donors (Lipinski definition) is 0. The van der Waals surface area contributed by atoms with Crippen molar-refractivity contribution in [2.45, 2.75) is 45.7 Å². The molecule has 3 heterocycles. The first-order valence-electron chi connectivity index (χ1n) is 9.69. The van der Waals surface area contributed by atoms with Gasteiger partial charge in [-0.05, 0) is 37.8 Å². The van der Waals surface area contributed by atoms with E-state index in [9.17, 15) is 4.79 Å². The number of aromatic nitrogens is 4. The summed E-state index contributed by atoms with van der Waals surface area (Å²) in [5.74, 6) is 1.55. The van der Waals surface area contributed by atoms with Crippen LogP contribution in [0.15, 0.2) is 29.6 Å². The minimum atomic E-state index is 0.0641. The topological polar surface area (TPSA) is 67.2 Å². The Balaban J connectivity index is 1.51. The Bertz CT molecular complexity index is 791. The smallest absolute Gasteiger partial charge is 0.253 e. The van der Waals surface area contributed by atoms with Crippen molar-refractivity contribution in [3.63, 3.8) is 0 Å². The third-order valence-electron chi connectivity index (χ3n) is 5.15. The number of piperidine rings is 1. The highest BCUT2D eigenvalue weighted by Gasteiger charge is 2.20. The molecule has 7 heteroatoms. The SMILES string of the molecule is CC(C)c1cc(=O)n(CC2CCN(Cc3cnc(N(C)C)nc3)CC2)cn1. The summed E-state index contributed by atoms with van der Waals surface area (Å²) >= 11 is 0. The van der Waals surface area contributed by atoms with E-state index < -0.39 is 0 Å². The molecule has 0 saturated carbocycles. The maximum Gasteiger partial charge on any atom is 0.253 e. The Hall–Kier alpha value is -2.28. The van der Waals surface area contributed by atoms with Gasteiger partial charge in [0.2, 0.25) is 5.95 Å². The second-order valence-corrected chi connectivity index (χ2v) is 7.96. The van der Waals surface area contributed by atoms with Gasteiger partial charge in [0.05, 0.1) is 12.0 Å². The van der Waals surface area contributed by atoms with Gasteiger partial charge in [-0.15, -0.1) is 0 Å². The summed E-state index contributed by atoms with van der Waals surface area (Å²) < 4.78 is 1.76. The van der Waals surface area contributed by atoms with E-state index in [0.29, 0.717) is 5.92 Å². The summed E-state index contributed by atoms with van der Waals surface area (Å²) in [5.41, 5.74) is 2.08. The number of likely N-dealkylation sites (tertiary alicyclic amines) is 1. The molecule has 7 nitrogen and oxygen atoms in total. The van der Waals surface area contributed by atoms with E-state index >= 15 is 0 Å². The van der Waals surface area contributed by atoms with Crippen LogP contribution >= 0.6 is 0 Å². The fourth-order valence-electron chi connectivity index (χ4n) is 3.42. The van der Waals surface area contributed by atoms with E-state index in [2.05, 4.69) is 33.7 Å². The molecule has 1 saturated heterocycles. The van der Waals surface area contributed by atoms with Crippen LogP contribution in [0.25, 0.3) is 0 Å². The summed E-state index contributed by atoms with van der Waals surface area (Å²) in [4.78, 5) is 29.8. The molecule has 1 fully saturated rings. The maximum atomic E-state index is 12.3. The van der Waals surface area contributed by atoms with Crippen LogP contribution in [0.5, 0.6) is 0 Å². The molecule has 0 aromatic carbocycles. The molecule has 146 valence electrons. The highest BCUT2D eigenvalue weighted by atomic mass is 16.1. The summed E-state index contributed by atoms with van der Waals surface area (Å²) in [6.07, 6.45) is 7.73. The van der Waals surface area contributed by atoms with Gasteiger partial charge >= 0.3 is 0 Å². The zero-order valence-electron chi connectivity index (χ0n) is 16.8. The number of rotatable bonds is 6. The highest BCUT2D eigenvalue weighted by molar-refractivity contribution is 5.26. The number of nitrogens with zero attached hydrogens (tertiary/aromatic N) is 6. The van der Waals surface area contributed by atoms with Crippen LogP contribution in [0.3, 0.4) is 0 Å². The largest absolute Gasteiger partial charge is 0.347 e. The fourth-order valence-corrected chi connectivity index (χ4v) is 3.42. The maximum absolute atomic E-state index is 12.3. The molecule has 3 rings (SSSR count). The summed E-state index contributed by atoms with van der Waals surface area (Å²) in [5, 5.41) is 0. The van der Waals surface area contributed by atoms with Crippen molar-refractivity contribution >= 4 is 5.95 Å². The average molecular weight is 371 g/mol. The Morgan fingerprint density at radius 3 is 2.37 bits per heavy atom. The highest BCUT2D eigenvalue weighted by Crippen LogP contribution is 2.20. The summed E-state index contributed by atoms with van der Waals surface area (Å²) in [6, 6.07) is 1.68. The van der Waals surface area contributed by atoms with Crippen molar-refractivity contribution in [3.05, 3.63) is 46.4 Å². The van der Waals surface area contributed by atoms with E-state index in [1.165, 1.54) is 0 Å². The van der Waals surface area contributed by atoms with Gasteiger partial charge in [0.25, 0.3) is 5.56 Å². The van der Waals surface area contributed by atoms with E-state index in [1.807, 2.05) is 31.4 Å². The molecule has 0 atom stereocenters. The van der Waals surface area contributed by atoms with Gasteiger partial charge in [0.15, 0.2) is 0 Å². The first kappa shape index (κ1) is 19.5. The van der Waals surface area contributed by atoms with E-state index in [4.69, 9.17) is 0 Å². The van der Waals surface area contributed by atoms with E-state index in [0.717, 1.165) is 56.2 Å². The molecule has 0 N–H and O–H groups in total. The fraction of sp³-hybridized carbons (Fsp3) is 0.600. The molecule has 0 spiro atoms. The van der Waals surface area contributed by atoms with Gasteiger partial charge in [0.1, 0.15) is 0 Å². The first-order valence-corrected chi connectivity index (χ1v) is 9.69.